The summed E-state index contributed by atoms with van der Waals surface area (Å²) < 4.78 is 61.0. The standard InChI is InChI=1S/C29H31BrF4N2O3/c1-3-17(2)26(27(37)35-20-7-5-4-6-8-20)36(21-11-12-23(30)22(16-21)29(32,33)34)28(38)25-13-9-18-15-19(31)10-14-24(18)39-25/h3,10-12,14-16,20,25-26H,4-9,13H2,1-2H3,(H,35,37)/b17-3+. The highest BCUT2D eigenvalue weighted by atomic mass is 79.9. The van der Waals surface area contributed by atoms with Crippen molar-refractivity contribution in [1.29, 1.82) is 0 Å². The maximum atomic E-state index is 14.1. The number of allylic oxidation sites excluding steroid dienone is 1. The van der Waals surface area contributed by atoms with E-state index >= 15 is 0 Å². The first kappa shape index (κ1) is 29.1. The van der Waals surface area contributed by atoms with E-state index in [9.17, 15) is 27.2 Å². The first-order valence-corrected chi connectivity index (χ1v) is 13.9. The second kappa shape index (κ2) is 12.1. The molecule has 0 aromatic heterocycles. The highest BCUT2D eigenvalue weighted by Crippen LogP contribution is 2.39. The number of hydrogen-bond donors (Lipinski definition) is 1. The second-order valence-corrected chi connectivity index (χ2v) is 10.9. The molecule has 2 aromatic rings. The number of carbonyl (C=O) groups excluding carboxylic acids is 2. The van der Waals surface area contributed by atoms with Crippen LogP contribution in [0.1, 0.15) is 63.5 Å². The van der Waals surface area contributed by atoms with Crippen molar-refractivity contribution in [3.05, 3.63) is 69.5 Å². The number of aryl methyl sites for hydroxylation is 1. The average molecular weight is 611 g/mol. The van der Waals surface area contributed by atoms with Crippen molar-refractivity contribution in [3.63, 3.8) is 0 Å². The molecular formula is C29H31BrF4N2O3. The minimum Gasteiger partial charge on any atom is -0.480 e. The summed E-state index contributed by atoms with van der Waals surface area (Å²) in [5.74, 6) is -1.20. The van der Waals surface area contributed by atoms with E-state index in [4.69, 9.17) is 4.74 Å². The molecule has 2 aliphatic rings. The van der Waals surface area contributed by atoms with Crippen molar-refractivity contribution in [2.45, 2.75) is 83.2 Å². The number of benzene rings is 2. The summed E-state index contributed by atoms with van der Waals surface area (Å²) in [5.41, 5.74) is 0.0676. The van der Waals surface area contributed by atoms with Crippen molar-refractivity contribution in [2.75, 3.05) is 4.90 Å². The average Bonchev–Trinajstić information content (AvgIpc) is 2.91. The van der Waals surface area contributed by atoms with Crippen molar-refractivity contribution in [1.82, 2.24) is 5.32 Å². The van der Waals surface area contributed by atoms with Crippen LogP contribution in [0.15, 0.2) is 52.5 Å². The molecule has 1 N–H and O–H groups in total. The van der Waals surface area contributed by atoms with Crippen LogP contribution in [0.2, 0.25) is 0 Å². The van der Waals surface area contributed by atoms with Crippen molar-refractivity contribution in [2.24, 2.45) is 0 Å². The Labute approximate surface area is 233 Å². The maximum Gasteiger partial charge on any atom is 0.417 e. The van der Waals surface area contributed by atoms with Gasteiger partial charge in [-0.25, -0.2) is 4.39 Å². The number of hydrogen-bond acceptors (Lipinski definition) is 3. The van der Waals surface area contributed by atoms with Crippen LogP contribution in [0.4, 0.5) is 23.2 Å². The minimum atomic E-state index is -4.69. The predicted octanol–water partition coefficient (Wildman–Crippen LogP) is 7.12. The second-order valence-electron chi connectivity index (χ2n) is 10.0. The van der Waals surface area contributed by atoms with Gasteiger partial charge in [-0.05, 0) is 87.1 Å². The number of rotatable bonds is 6. The SMILES string of the molecule is C/C=C(\C)C(C(=O)NC1CCCCC1)N(C(=O)C1CCc2cc(F)ccc2O1)c1ccc(Br)c(C(F)(F)F)c1. The molecule has 4 rings (SSSR count). The fraction of sp³-hybridized carbons (Fsp3) is 0.448. The summed E-state index contributed by atoms with van der Waals surface area (Å²) in [6.45, 7) is 3.39. The van der Waals surface area contributed by atoms with Gasteiger partial charge in [0.25, 0.3) is 5.91 Å². The quantitative estimate of drug-likeness (QED) is 0.280. The summed E-state index contributed by atoms with van der Waals surface area (Å²) in [5, 5.41) is 3.03. The van der Waals surface area contributed by atoms with Gasteiger partial charge in [0.1, 0.15) is 17.6 Å². The lowest BCUT2D eigenvalue weighted by Crippen LogP contribution is -2.56. The van der Waals surface area contributed by atoms with E-state index in [2.05, 4.69) is 21.2 Å². The monoisotopic (exact) mass is 610 g/mol. The first-order chi connectivity index (χ1) is 18.5. The van der Waals surface area contributed by atoms with Crippen LogP contribution in [0.25, 0.3) is 0 Å². The van der Waals surface area contributed by atoms with Crippen LogP contribution in [0.5, 0.6) is 5.75 Å². The normalized spacial score (nSPS) is 19.1. The van der Waals surface area contributed by atoms with Crippen LogP contribution < -0.4 is 15.0 Å². The zero-order valence-electron chi connectivity index (χ0n) is 21.8. The fourth-order valence-corrected chi connectivity index (χ4v) is 5.65. The Morgan fingerprint density at radius 3 is 2.49 bits per heavy atom. The van der Waals surface area contributed by atoms with Gasteiger partial charge in [0.05, 0.1) is 5.56 Å². The van der Waals surface area contributed by atoms with Gasteiger partial charge in [-0.15, -0.1) is 0 Å². The molecule has 0 spiro atoms. The number of fused-ring (bicyclic) bond motifs is 1. The molecule has 10 heteroatoms. The third kappa shape index (κ3) is 6.65. The highest BCUT2D eigenvalue weighted by molar-refractivity contribution is 9.10. The van der Waals surface area contributed by atoms with Gasteiger partial charge >= 0.3 is 6.18 Å². The van der Waals surface area contributed by atoms with E-state index in [-0.39, 0.29) is 22.6 Å². The van der Waals surface area contributed by atoms with E-state index in [1.165, 1.54) is 30.3 Å². The van der Waals surface area contributed by atoms with Crippen LogP contribution in [0, 0.1) is 5.82 Å². The van der Waals surface area contributed by atoms with Crippen molar-refractivity contribution >= 4 is 33.4 Å². The summed E-state index contributed by atoms with van der Waals surface area (Å²) in [6, 6.07) is 6.20. The highest BCUT2D eigenvalue weighted by Gasteiger charge is 2.40. The molecule has 1 fully saturated rings. The molecule has 2 aromatic carbocycles. The van der Waals surface area contributed by atoms with Gasteiger partial charge in [-0.1, -0.05) is 41.3 Å². The molecule has 2 atom stereocenters. The number of ether oxygens (including phenoxy) is 1. The van der Waals surface area contributed by atoms with Crippen LogP contribution in [-0.2, 0) is 22.2 Å². The number of carbonyl (C=O) groups is 2. The lowest BCUT2D eigenvalue weighted by atomic mass is 9.94. The Hall–Kier alpha value is -2.88. The summed E-state index contributed by atoms with van der Waals surface area (Å²) in [7, 11) is 0. The molecule has 0 radical (unpaired) electrons. The van der Waals surface area contributed by atoms with Gasteiger partial charge in [-0.3, -0.25) is 14.5 Å². The number of nitrogens with one attached hydrogen (secondary N) is 1. The number of anilines is 1. The van der Waals surface area contributed by atoms with Gasteiger partial charge in [0.2, 0.25) is 5.91 Å². The van der Waals surface area contributed by atoms with Crippen LogP contribution in [-0.4, -0.2) is 30.0 Å². The van der Waals surface area contributed by atoms with Crippen LogP contribution >= 0.6 is 15.9 Å². The predicted molar refractivity (Wildman–Crippen MR) is 144 cm³/mol. The molecule has 39 heavy (non-hydrogen) atoms. The lowest BCUT2D eigenvalue weighted by Gasteiger charge is -2.37. The van der Waals surface area contributed by atoms with Gasteiger partial charge < -0.3 is 10.1 Å². The van der Waals surface area contributed by atoms with Crippen molar-refractivity contribution < 1.29 is 31.9 Å². The van der Waals surface area contributed by atoms with E-state index in [1.54, 1.807) is 19.9 Å². The third-order valence-corrected chi connectivity index (χ3v) is 8.05. The molecule has 1 aliphatic heterocycles. The van der Waals surface area contributed by atoms with Crippen LogP contribution in [0.3, 0.4) is 0 Å². The van der Waals surface area contributed by atoms with E-state index < -0.39 is 41.5 Å². The molecule has 2 amide bonds. The smallest absolute Gasteiger partial charge is 0.417 e. The van der Waals surface area contributed by atoms with Gasteiger partial charge in [0, 0.05) is 16.2 Å². The van der Waals surface area contributed by atoms with E-state index in [0.717, 1.165) is 43.1 Å². The molecule has 210 valence electrons. The molecule has 0 saturated heterocycles. The van der Waals surface area contributed by atoms with E-state index in [1.807, 2.05) is 0 Å². The Kier molecular flexibility index (Phi) is 9.03. The third-order valence-electron chi connectivity index (χ3n) is 7.36. The molecular weight excluding hydrogens is 580 g/mol. The molecule has 0 bridgehead atoms. The number of alkyl halides is 3. The number of nitrogens with zero attached hydrogens (tertiary/aromatic N) is 1. The fourth-order valence-electron chi connectivity index (χ4n) is 5.18. The van der Waals surface area contributed by atoms with Gasteiger partial charge in [0.15, 0.2) is 6.10 Å². The van der Waals surface area contributed by atoms with Crippen molar-refractivity contribution in [3.8, 4) is 5.75 Å². The topological polar surface area (TPSA) is 58.6 Å². The number of amides is 2. The Morgan fingerprint density at radius 1 is 1.10 bits per heavy atom. The minimum absolute atomic E-state index is 0.0706. The summed E-state index contributed by atoms with van der Waals surface area (Å²) in [6.07, 6.45) is 1.06. The number of halogens is 5. The zero-order valence-corrected chi connectivity index (χ0v) is 23.4. The molecule has 1 aliphatic carbocycles. The molecule has 1 saturated carbocycles. The molecule has 2 unspecified atom stereocenters. The molecule has 5 nitrogen and oxygen atoms in total. The first-order valence-electron chi connectivity index (χ1n) is 13.1. The maximum absolute atomic E-state index is 14.1. The lowest BCUT2D eigenvalue weighted by molar-refractivity contribution is -0.138. The summed E-state index contributed by atoms with van der Waals surface area (Å²) >= 11 is 2.96. The largest absolute Gasteiger partial charge is 0.480 e. The van der Waals surface area contributed by atoms with Gasteiger partial charge in [-0.2, -0.15) is 13.2 Å². The Balaban J connectivity index is 1.76. The molecule has 1 heterocycles. The van der Waals surface area contributed by atoms with E-state index in [0.29, 0.717) is 23.3 Å². The summed E-state index contributed by atoms with van der Waals surface area (Å²) in [4.78, 5) is 29.0. The Morgan fingerprint density at radius 2 is 1.82 bits per heavy atom. The Bertz CT molecular complexity index is 1260. The zero-order chi connectivity index (χ0) is 28.3.